The molecule has 0 aliphatic heterocycles. The number of nitrogens with one attached hydrogen (secondary N) is 2. The fourth-order valence-electron chi connectivity index (χ4n) is 2.76. The van der Waals surface area contributed by atoms with Crippen LogP contribution in [0.3, 0.4) is 0 Å². The SMILES string of the molecule is CCCONC(=O)c1cn(Cc2cnccn2)c(=O)c(F)c1Nc1ccc(C)cc1F. The molecule has 0 saturated heterocycles. The standard InChI is InChI=1S/C21H21F2N5O3/c1-3-8-31-27-20(29)15-12-28(11-14-10-24-6-7-25-14)21(30)18(23)19(15)26-17-5-4-13(2)9-16(17)22/h4-7,9-10,12,26H,3,8,11H2,1-2H3,(H,27,29). The highest BCUT2D eigenvalue weighted by atomic mass is 19.1. The summed E-state index contributed by atoms with van der Waals surface area (Å²) in [7, 11) is 0. The van der Waals surface area contributed by atoms with E-state index in [1.165, 1.54) is 36.9 Å². The third kappa shape index (κ3) is 5.28. The molecular formula is C21H21F2N5O3. The van der Waals surface area contributed by atoms with Gasteiger partial charge in [0.2, 0.25) is 5.82 Å². The van der Waals surface area contributed by atoms with Gasteiger partial charge in [0, 0.05) is 18.6 Å². The molecule has 162 valence electrons. The highest BCUT2D eigenvalue weighted by molar-refractivity contribution is 5.99. The Kier molecular flexibility index (Phi) is 7.03. The lowest BCUT2D eigenvalue weighted by atomic mass is 10.1. The predicted molar refractivity (Wildman–Crippen MR) is 110 cm³/mol. The van der Waals surface area contributed by atoms with E-state index in [9.17, 15) is 14.0 Å². The summed E-state index contributed by atoms with van der Waals surface area (Å²) in [5, 5.41) is 2.53. The molecule has 0 fully saturated rings. The molecule has 2 aromatic heterocycles. The molecule has 2 N–H and O–H groups in total. The van der Waals surface area contributed by atoms with Gasteiger partial charge in [-0.25, -0.2) is 9.87 Å². The zero-order valence-corrected chi connectivity index (χ0v) is 17.0. The van der Waals surface area contributed by atoms with E-state index in [1.54, 1.807) is 13.0 Å². The van der Waals surface area contributed by atoms with Crippen LogP contribution < -0.4 is 16.4 Å². The van der Waals surface area contributed by atoms with Crippen LogP contribution in [0.1, 0.15) is 35.0 Å². The number of anilines is 2. The normalized spacial score (nSPS) is 10.7. The Labute approximate surface area is 176 Å². The molecular weight excluding hydrogens is 408 g/mol. The average molecular weight is 429 g/mol. The summed E-state index contributed by atoms with van der Waals surface area (Å²) < 4.78 is 30.4. The Morgan fingerprint density at radius 2 is 2.06 bits per heavy atom. The van der Waals surface area contributed by atoms with Gasteiger partial charge in [0.05, 0.1) is 42.0 Å². The first-order valence-corrected chi connectivity index (χ1v) is 9.53. The molecule has 3 rings (SSSR count). The largest absolute Gasteiger partial charge is 0.350 e. The summed E-state index contributed by atoms with van der Waals surface area (Å²) >= 11 is 0. The zero-order chi connectivity index (χ0) is 22.4. The molecule has 0 radical (unpaired) electrons. The van der Waals surface area contributed by atoms with Crippen molar-refractivity contribution in [2.24, 2.45) is 0 Å². The van der Waals surface area contributed by atoms with Gasteiger partial charge in [0.25, 0.3) is 11.5 Å². The number of aromatic nitrogens is 3. The van der Waals surface area contributed by atoms with Crippen molar-refractivity contribution in [2.45, 2.75) is 26.8 Å². The Morgan fingerprint density at radius 3 is 2.74 bits per heavy atom. The van der Waals surface area contributed by atoms with E-state index in [-0.39, 0.29) is 24.4 Å². The van der Waals surface area contributed by atoms with E-state index in [1.807, 2.05) is 6.92 Å². The number of halogens is 2. The summed E-state index contributed by atoms with van der Waals surface area (Å²) in [4.78, 5) is 38.3. The van der Waals surface area contributed by atoms with Gasteiger partial charge >= 0.3 is 0 Å². The van der Waals surface area contributed by atoms with Gasteiger partial charge in [-0.15, -0.1) is 0 Å². The van der Waals surface area contributed by atoms with Crippen molar-refractivity contribution in [1.29, 1.82) is 0 Å². The van der Waals surface area contributed by atoms with E-state index in [2.05, 4.69) is 20.8 Å². The van der Waals surface area contributed by atoms with E-state index in [0.717, 1.165) is 4.57 Å². The molecule has 0 bridgehead atoms. The average Bonchev–Trinajstić information content (AvgIpc) is 2.75. The molecule has 10 heteroatoms. The number of hydroxylamine groups is 1. The summed E-state index contributed by atoms with van der Waals surface area (Å²) in [6, 6.07) is 4.26. The van der Waals surface area contributed by atoms with Crippen molar-refractivity contribution in [3.05, 3.63) is 81.8 Å². The van der Waals surface area contributed by atoms with Gasteiger partial charge in [-0.05, 0) is 31.0 Å². The molecule has 1 amide bonds. The number of pyridine rings is 1. The van der Waals surface area contributed by atoms with Crippen molar-refractivity contribution in [1.82, 2.24) is 20.0 Å². The number of carbonyl (C=O) groups is 1. The van der Waals surface area contributed by atoms with Gasteiger partial charge in [0.15, 0.2) is 0 Å². The molecule has 2 heterocycles. The minimum absolute atomic E-state index is 0.0842. The van der Waals surface area contributed by atoms with Crippen molar-refractivity contribution < 1.29 is 18.4 Å². The number of carbonyl (C=O) groups excluding carboxylic acids is 1. The Morgan fingerprint density at radius 1 is 1.26 bits per heavy atom. The molecule has 0 saturated carbocycles. The highest BCUT2D eigenvalue weighted by Crippen LogP contribution is 2.25. The van der Waals surface area contributed by atoms with Gasteiger partial charge in [-0.2, -0.15) is 4.39 Å². The van der Waals surface area contributed by atoms with Crippen LogP contribution in [0.15, 0.2) is 47.8 Å². The van der Waals surface area contributed by atoms with E-state index in [4.69, 9.17) is 4.84 Å². The molecule has 0 atom stereocenters. The van der Waals surface area contributed by atoms with Crippen LogP contribution in [0.5, 0.6) is 0 Å². The highest BCUT2D eigenvalue weighted by Gasteiger charge is 2.22. The van der Waals surface area contributed by atoms with Crippen LogP contribution in [-0.4, -0.2) is 27.0 Å². The smallest absolute Gasteiger partial charge is 0.289 e. The molecule has 0 aliphatic carbocycles. The quantitative estimate of drug-likeness (QED) is 0.422. The molecule has 1 aromatic carbocycles. The number of rotatable bonds is 8. The van der Waals surface area contributed by atoms with Gasteiger partial charge in [-0.3, -0.25) is 24.4 Å². The minimum Gasteiger partial charge on any atom is -0.350 e. The van der Waals surface area contributed by atoms with Gasteiger partial charge in [0.1, 0.15) is 5.82 Å². The summed E-state index contributed by atoms with van der Waals surface area (Å²) in [5.41, 5.74) is 1.47. The number of aryl methyl sites for hydroxylation is 1. The predicted octanol–water partition coefficient (Wildman–Crippen LogP) is 3.09. The lowest BCUT2D eigenvalue weighted by Gasteiger charge is -2.16. The first kappa shape index (κ1) is 22.0. The number of amides is 1. The van der Waals surface area contributed by atoms with Crippen molar-refractivity contribution >= 4 is 17.3 Å². The van der Waals surface area contributed by atoms with Crippen LogP contribution in [0.4, 0.5) is 20.2 Å². The second kappa shape index (κ2) is 9.90. The third-order valence-corrected chi connectivity index (χ3v) is 4.27. The Bertz CT molecular complexity index is 1140. The lowest BCUT2D eigenvalue weighted by Crippen LogP contribution is -2.31. The Balaban J connectivity index is 2.05. The first-order chi connectivity index (χ1) is 14.9. The lowest BCUT2D eigenvalue weighted by molar-refractivity contribution is 0.0315. The van der Waals surface area contributed by atoms with E-state index in [0.29, 0.717) is 17.7 Å². The maximum absolute atomic E-state index is 15.1. The van der Waals surface area contributed by atoms with Crippen molar-refractivity contribution in [3.8, 4) is 0 Å². The number of benzene rings is 1. The van der Waals surface area contributed by atoms with Crippen molar-refractivity contribution in [2.75, 3.05) is 11.9 Å². The van der Waals surface area contributed by atoms with Gasteiger partial charge in [-0.1, -0.05) is 13.0 Å². The topological polar surface area (TPSA) is 98.1 Å². The second-order valence-corrected chi connectivity index (χ2v) is 6.75. The fraction of sp³-hybridized carbons (Fsp3) is 0.238. The molecule has 3 aromatic rings. The summed E-state index contributed by atoms with van der Waals surface area (Å²) in [6.45, 7) is 3.67. The van der Waals surface area contributed by atoms with Crippen LogP contribution in [0, 0.1) is 18.6 Å². The Hall–Kier alpha value is -3.66. The second-order valence-electron chi connectivity index (χ2n) is 6.75. The number of hydrogen-bond acceptors (Lipinski definition) is 6. The molecule has 0 unspecified atom stereocenters. The number of hydrogen-bond donors (Lipinski definition) is 2. The zero-order valence-electron chi connectivity index (χ0n) is 17.0. The first-order valence-electron chi connectivity index (χ1n) is 9.53. The number of nitrogens with zero attached hydrogens (tertiary/aromatic N) is 3. The maximum atomic E-state index is 15.1. The van der Waals surface area contributed by atoms with Crippen LogP contribution in [0.2, 0.25) is 0 Å². The van der Waals surface area contributed by atoms with E-state index >= 15 is 4.39 Å². The molecule has 31 heavy (non-hydrogen) atoms. The maximum Gasteiger partial charge on any atom is 0.289 e. The fourth-order valence-corrected chi connectivity index (χ4v) is 2.76. The summed E-state index contributed by atoms with van der Waals surface area (Å²) in [6.07, 6.45) is 6.11. The van der Waals surface area contributed by atoms with Crippen LogP contribution >= 0.6 is 0 Å². The van der Waals surface area contributed by atoms with Gasteiger partial charge < -0.3 is 9.88 Å². The third-order valence-electron chi connectivity index (χ3n) is 4.27. The monoisotopic (exact) mass is 429 g/mol. The van der Waals surface area contributed by atoms with Crippen LogP contribution in [0.25, 0.3) is 0 Å². The van der Waals surface area contributed by atoms with Crippen LogP contribution in [-0.2, 0) is 11.4 Å². The minimum atomic E-state index is -1.24. The molecule has 8 nitrogen and oxygen atoms in total. The molecule has 0 aliphatic rings. The van der Waals surface area contributed by atoms with Crippen molar-refractivity contribution in [3.63, 3.8) is 0 Å². The van der Waals surface area contributed by atoms with E-state index < -0.39 is 28.8 Å². The summed E-state index contributed by atoms with van der Waals surface area (Å²) in [5.74, 6) is -2.70. The molecule has 0 spiro atoms.